The Morgan fingerprint density at radius 1 is 1.17 bits per heavy atom. The minimum atomic E-state index is -0.126. The Balaban J connectivity index is 1.55. The number of piperidine rings is 1. The Labute approximate surface area is 166 Å². The van der Waals surface area contributed by atoms with Crippen LogP contribution < -0.4 is 15.8 Å². The van der Waals surface area contributed by atoms with Crippen molar-refractivity contribution in [1.82, 2.24) is 19.9 Å². The number of aromatic amines is 1. The molecular weight excluding hydrogens is 370 g/mol. The van der Waals surface area contributed by atoms with E-state index in [-0.39, 0.29) is 16.9 Å². The van der Waals surface area contributed by atoms with Gasteiger partial charge in [-0.2, -0.15) is 5.10 Å². The smallest absolute Gasteiger partial charge is 0.251 e. The van der Waals surface area contributed by atoms with Crippen LogP contribution in [0.3, 0.4) is 0 Å². The van der Waals surface area contributed by atoms with E-state index in [2.05, 4.69) is 10.3 Å². The summed E-state index contributed by atoms with van der Waals surface area (Å²) >= 11 is 0. The molecule has 3 aliphatic rings. The van der Waals surface area contributed by atoms with Crippen molar-refractivity contribution in [2.24, 2.45) is 5.41 Å². The molecule has 150 valence electrons. The van der Waals surface area contributed by atoms with Gasteiger partial charge in [0.15, 0.2) is 0 Å². The number of hydrogen-bond acceptors (Lipinski definition) is 5. The largest absolute Gasteiger partial charge is 0.380 e. The summed E-state index contributed by atoms with van der Waals surface area (Å²) < 4.78 is 7.27. The van der Waals surface area contributed by atoms with Gasteiger partial charge in [0.1, 0.15) is 5.65 Å². The van der Waals surface area contributed by atoms with Gasteiger partial charge in [0.2, 0.25) is 5.91 Å². The Kier molecular flexibility index (Phi) is 3.64. The van der Waals surface area contributed by atoms with E-state index in [4.69, 9.17) is 9.84 Å². The van der Waals surface area contributed by atoms with E-state index < -0.39 is 0 Å². The monoisotopic (exact) mass is 393 g/mol. The lowest BCUT2D eigenvalue weighted by Gasteiger charge is -2.36. The minimum Gasteiger partial charge on any atom is -0.380 e. The predicted molar refractivity (Wildman–Crippen MR) is 108 cm³/mol. The highest BCUT2D eigenvalue weighted by atomic mass is 16.5. The molecule has 1 aromatic carbocycles. The van der Waals surface area contributed by atoms with Gasteiger partial charge in [0.05, 0.1) is 35.5 Å². The molecule has 29 heavy (non-hydrogen) atoms. The molecule has 0 radical (unpaired) electrons. The molecule has 0 atom stereocenters. The van der Waals surface area contributed by atoms with Gasteiger partial charge in [-0.25, -0.2) is 4.52 Å². The molecule has 3 aliphatic heterocycles. The number of rotatable bonds is 2. The van der Waals surface area contributed by atoms with Crippen molar-refractivity contribution < 1.29 is 9.53 Å². The number of fused-ring (bicyclic) bond motifs is 3. The Bertz CT molecular complexity index is 1190. The summed E-state index contributed by atoms with van der Waals surface area (Å²) in [6.45, 7) is 3.81. The summed E-state index contributed by atoms with van der Waals surface area (Å²) in [7, 11) is 0. The quantitative estimate of drug-likeness (QED) is 0.687. The maximum atomic E-state index is 12.8. The third-order valence-corrected chi connectivity index (χ3v) is 6.63. The fourth-order valence-electron chi connectivity index (χ4n) is 5.10. The maximum Gasteiger partial charge on any atom is 0.251 e. The summed E-state index contributed by atoms with van der Waals surface area (Å²) in [5.41, 5.74) is 3.05. The molecule has 5 heterocycles. The number of carbonyl (C=O) groups excluding carboxylic acids is 1. The first-order chi connectivity index (χ1) is 14.1. The highest BCUT2D eigenvalue weighted by Crippen LogP contribution is 2.42. The van der Waals surface area contributed by atoms with Crippen molar-refractivity contribution in [1.29, 1.82) is 0 Å². The Morgan fingerprint density at radius 2 is 2.00 bits per heavy atom. The molecular formula is C21H23N5O3. The molecule has 3 aromatic rings. The first-order valence-electron chi connectivity index (χ1n) is 10.3. The van der Waals surface area contributed by atoms with Crippen molar-refractivity contribution in [3.63, 3.8) is 0 Å². The van der Waals surface area contributed by atoms with Gasteiger partial charge in [-0.15, -0.1) is 0 Å². The van der Waals surface area contributed by atoms with E-state index >= 15 is 0 Å². The van der Waals surface area contributed by atoms with Crippen LogP contribution in [-0.2, 0) is 9.53 Å². The second kappa shape index (κ2) is 6.14. The highest BCUT2D eigenvalue weighted by Gasteiger charge is 2.49. The Hall–Kier alpha value is -2.71. The number of hydrogen-bond donors (Lipinski definition) is 2. The van der Waals surface area contributed by atoms with Crippen molar-refractivity contribution in [2.45, 2.75) is 25.2 Å². The lowest BCUT2D eigenvalue weighted by Crippen LogP contribution is -2.44. The van der Waals surface area contributed by atoms with Crippen LogP contribution in [0.5, 0.6) is 0 Å². The third kappa shape index (κ3) is 2.55. The first kappa shape index (κ1) is 17.2. The average molecular weight is 393 g/mol. The number of ether oxygens (including phenoxy) is 1. The summed E-state index contributed by atoms with van der Waals surface area (Å²) in [5.74, 6) is 0.402. The Morgan fingerprint density at radius 3 is 2.72 bits per heavy atom. The van der Waals surface area contributed by atoms with Gasteiger partial charge in [-0.1, -0.05) is 6.07 Å². The number of amides is 1. The van der Waals surface area contributed by atoms with Gasteiger partial charge >= 0.3 is 0 Å². The summed E-state index contributed by atoms with van der Waals surface area (Å²) in [6.07, 6.45) is 2.48. The molecule has 6 rings (SSSR count). The van der Waals surface area contributed by atoms with E-state index in [9.17, 15) is 9.59 Å². The molecule has 2 aromatic heterocycles. The molecule has 0 unspecified atom stereocenters. The van der Waals surface area contributed by atoms with Crippen LogP contribution in [0.2, 0.25) is 0 Å². The second-order valence-corrected chi connectivity index (χ2v) is 8.66. The lowest BCUT2D eigenvalue weighted by molar-refractivity contribution is -0.126. The van der Waals surface area contributed by atoms with Gasteiger partial charge in [-0.05, 0) is 38.1 Å². The summed E-state index contributed by atoms with van der Waals surface area (Å²) in [4.78, 5) is 30.2. The molecule has 0 bridgehead atoms. The molecule has 3 fully saturated rings. The minimum absolute atomic E-state index is 0.0596. The average Bonchev–Trinajstić information content (AvgIpc) is 3.26. The van der Waals surface area contributed by atoms with Crippen LogP contribution in [-0.4, -0.2) is 53.4 Å². The molecule has 1 amide bonds. The second-order valence-electron chi connectivity index (χ2n) is 8.66. The fourth-order valence-corrected chi connectivity index (χ4v) is 5.10. The normalized spacial score (nSPS) is 22.1. The highest BCUT2D eigenvalue weighted by molar-refractivity contribution is 6.09. The molecule has 8 nitrogen and oxygen atoms in total. The molecule has 1 spiro atoms. The van der Waals surface area contributed by atoms with E-state index in [0.29, 0.717) is 37.7 Å². The van der Waals surface area contributed by atoms with Crippen LogP contribution in [0.4, 0.5) is 5.69 Å². The van der Waals surface area contributed by atoms with Gasteiger partial charge in [0.25, 0.3) is 5.56 Å². The van der Waals surface area contributed by atoms with Crippen LogP contribution >= 0.6 is 0 Å². The number of aromatic nitrogens is 3. The van der Waals surface area contributed by atoms with Crippen molar-refractivity contribution >= 4 is 28.1 Å². The fraction of sp³-hybridized carbons (Fsp3) is 0.476. The van der Waals surface area contributed by atoms with Crippen LogP contribution in [0.1, 0.15) is 30.9 Å². The molecule has 0 saturated carbocycles. The zero-order chi connectivity index (χ0) is 19.6. The van der Waals surface area contributed by atoms with Gasteiger partial charge in [-0.3, -0.25) is 9.59 Å². The number of carbonyl (C=O) groups is 1. The topological polar surface area (TPSA) is 91.7 Å². The third-order valence-electron chi connectivity index (χ3n) is 6.63. The zero-order valence-corrected chi connectivity index (χ0v) is 16.1. The van der Waals surface area contributed by atoms with Gasteiger partial charge in [0, 0.05) is 30.4 Å². The van der Waals surface area contributed by atoms with Crippen molar-refractivity contribution in [3.05, 3.63) is 40.3 Å². The molecule has 3 saturated heterocycles. The van der Waals surface area contributed by atoms with E-state index in [1.54, 1.807) is 6.07 Å². The van der Waals surface area contributed by atoms with E-state index in [1.165, 1.54) is 0 Å². The van der Waals surface area contributed by atoms with Crippen molar-refractivity contribution in [3.8, 4) is 0 Å². The van der Waals surface area contributed by atoms with Gasteiger partial charge < -0.3 is 19.9 Å². The zero-order valence-electron chi connectivity index (χ0n) is 16.1. The van der Waals surface area contributed by atoms with Crippen LogP contribution in [0.25, 0.3) is 16.6 Å². The summed E-state index contributed by atoms with van der Waals surface area (Å²) in [6, 6.07) is 7.51. The molecule has 2 N–H and O–H groups in total. The number of nitrogens with one attached hydrogen (secondary N) is 2. The maximum absolute atomic E-state index is 12.8. The molecule has 8 heteroatoms. The first-order valence-corrected chi connectivity index (χ1v) is 10.3. The number of benzene rings is 1. The SMILES string of the molecule is O=C1CC2(COC2)CN1c1cccc2nn3c(C4CCNCC4)cc(=O)[nH]c3c12. The van der Waals surface area contributed by atoms with E-state index in [1.807, 2.05) is 27.6 Å². The van der Waals surface area contributed by atoms with Crippen molar-refractivity contribution in [2.75, 3.05) is 37.7 Å². The van der Waals surface area contributed by atoms with Crippen LogP contribution in [0, 0.1) is 5.41 Å². The van der Waals surface area contributed by atoms with E-state index in [0.717, 1.165) is 48.2 Å². The predicted octanol–water partition coefficient (Wildman–Crippen LogP) is 1.40. The standard InChI is InChI=1S/C21H23N5O3/c27-17-8-16(13-4-6-22-7-5-13)26-20(23-17)19-14(24-26)2-1-3-15(19)25-10-21(9-18(25)28)11-29-12-21/h1-3,8,13,22H,4-7,9-12H2,(H,23,27). The number of H-pyrrole nitrogens is 1. The number of nitrogens with zero attached hydrogens (tertiary/aromatic N) is 3. The lowest BCUT2D eigenvalue weighted by atomic mass is 9.85. The van der Waals surface area contributed by atoms with Crippen LogP contribution in [0.15, 0.2) is 29.1 Å². The summed E-state index contributed by atoms with van der Waals surface area (Å²) in [5, 5.41) is 9.03. The number of anilines is 1. The molecule has 0 aliphatic carbocycles.